The van der Waals surface area contributed by atoms with Crippen molar-refractivity contribution in [3.8, 4) is 5.69 Å². The van der Waals surface area contributed by atoms with Gasteiger partial charge in [0.1, 0.15) is 11.4 Å². The zero-order valence-corrected chi connectivity index (χ0v) is 17.1. The molecule has 1 unspecified atom stereocenters. The van der Waals surface area contributed by atoms with E-state index in [2.05, 4.69) is 15.1 Å². The zero-order valence-electron chi connectivity index (χ0n) is 16.3. The SMILES string of the molecule is CC(Sc1ncnc2c1cnn2-c1ccccc1)C(=O)N(C(C)C)C(C)C. The van der Waals surface area contributed by atoms with Crippen molar-refractivity contribution in [2.45, 2.75) is 57.0 Å². The van der Waals surface area contributed by atoms with Crippen LogP contribution in [0.15, 0.2) is 47.9 Å². The zero-order chi connectivity index (χ0) is 19.6. The maximum atomic E-state index is 12.9. The molecule has 0 aliphatic carbocycles. The van der Waals surface area contributed by atoms with Crippen LogP contribution in [-0.4, -0.2) is 47.9 Å². The van der Waals surface area contributed by atoms with Crippen molar-refractivity contribution in [1.29, 1.82) is 0 Å². The number of carbonyl (C=O) groups excluding carboxylic acids is 1. The number of amides is 1. The molecule has 0 radical (unpaired) electrons. The maximum absolute atomic E-state index is 12.9. The average Bonchev–Trinajstić information content (AvgIpc) is 3.07. The summed E-state index contributed by atoms with van der Waals surface area (Å²) in [4.78, 5) is 23.7. The Morgan fingerprint density at radius 1 is 1.04 bits per heavy atom. The minimum Gasteiger partial charge on any atom is -0.337 e. The highest BCUT2D eigenvalue weighted by atomic mass is 32.2. The molecule has 0 aliphatic rings. The van der Waals surface area contributed by atoms with Gasteiger partial charge < -0.3 is 4.90 Å². The first-order valence-electron chi connectivity index (χ1n) is 9.13. The number of nitrogens with zero attached hydrogens (tertiary/aromatic N) is 5. The fourth-order valence-corrected chi connectivity index (χ4v) is 4.14. The van der Waals surface area contributed by atoms with Crippen molar-refractivity contribution < 1.29 is 4.79 Å². The first-order valence-corrected chi connectivity index (χ1v) is 10.0. The van der Waals surface area contributed by atoms with Crippen molar-refractivity contribution >= 4 is 28.7 Å². The molecule has 1 aromatic carbocycles. The Labute approximate surface area is 164 Å². The minimum atomic E-state index is -0.243. The van der Waals surface area contributed by atoms with E-state index in [1.165, 1.54) is 18.1 Å². The van der Waals surface area contributed by atoms with E-state index in [-0.39, 0.29) is 23.2 Å². The topological polar surface area (TPSA) is 63.9 Å². The molecule has 2 aromatic heterocycles. The Hall–Kier alpha value is -2.41. The highest BCUT2D eigenvalue weighted by molar-refractivity contribution is 8.00. The summed E-state index contributed by atoms with van der Waals surface area (Å²) in [6.07, 6.45) is 3.30. The standard InChI is InChI=1S/C20H25N5OS/c1-13(2)24(14(3)4)20(26)15(5)27-19-17-11-23-25(18(17)21-12-22-19)16-9-7-6-8-10-16/h6-15H,1-5H3. The van der Waals surface area contributed by atoms with E-state index in [1.807, 2.05) is 69.9 Å². The molecule has 0 N–H and O–H groups in total. The quantitative estimate of drug-likeness (QED) is 0.476. The van der Waals surface area contributed by atoms with Crippen LogP contribution in [0.25, 0.3) is 16.7 Å². The van der Waals surface area contributed by atoms with Gasteiger partial charge in [-0.15, -0.1) is 0 Å². The van der Waals surface area contributed by atoms with E-state index >= 15 is 0 Å². The number of carbonyl (C=O) groups is 1. The molecule has 1 amide bonds. The molecule has 0 aliphatic heterocycles. The third kappa shape index (κ3) is 3.98. The van der Waals surface area contributed by atoms with Gasteiger partial charge in [0, 0.05) is 12.1 Å². The first kappa shape index (κ1) is 19.4. The number of aromatic nitrogens is 4. The molecule has 0 saturated carbocycles. The largest absolute Gasteiger partial charge is 0.337 e. The summed E-state index contributed by atoms with van der Waals surface area (Å²) in [5.41, 5.74) is 1.68. The summed E-state index contributed by atoms with van der Waals surface area (Å²) in [7, 11) is 0. The van der Waals surface area contributed by atoms with E-state index in [4.69, 9.17) is 0 Å². The lowest BCUT2D eigenvalue weighted by atomic mass is 10.2. The number of benzene rings is 1. The predicted molar refractivity (Wildman–Crippen MR) is 109 cm³/mol. The molecule has 0 bridgehead atoms. The number of rotatable bonds is 6. The van der Waals surface area contributed by atoms with Gasteiger partial charge in [-0.05, 0) is 46.8 Å². The third-order valence-electron chi connectivity index (χ3n) is 4.33. The van der Waals surface area contributed by atoms with Crippen molar-refractivity contribution in [2.24, 2.45) is 0 Å². The van der Waals surface area contributed by atoms with Crippen molar-refractivity contribution in [3.63, 3.8) is 0 Å². The number of hydrogen-bond donors (Lipinski definition) is 0. The summed E-state index contributed by atoms with van der Waals surface area (Å²) < 4.78 is 1.79. The Morgan fingerprint density at radius 2 is 1.70 bits per heavy atom. The van der Waals surface area contributed by atoms with Crippen LogP contribution in [0.2, 0.25) is 0 Å². The van der Waals surface area contributed by atoms with Crippen LogP contribution in [0.1, 0.15) is 34.6 Å². The van der Waals surface area contributed by atoms with E-state index in [0.717, 1.165) is 21.7 Å². The number of fused-ring (bicyclic) bond motifs is 1. The van der Waals surface area contributed by atoms with Gasteiger partial charge in [-0.25, -0.2) is 14.6 Å². The third-order valence-corrected chi connectivity index (χ3v) is 5.44. The highest BCUT2D eigenvalue weighted by Crippen LogP contribution is 2.30. The normalized spacial score (nSPS) is 12.7. The van der Waals surface area contributed by atoms with Gasteiger partial charge in [0.15, 0.2) is 5.65 Å². The summed E-state index contributed by atoms with van der Waals surface area (Å²) >= 11 is 1.46. The van der Waals surface area contributed by atoms with Gasteiger partial charge in [-0.3, -0.25) is 4.79 Å². The molecule has 27 heavy (non-hydrogen) atoms. The Morgan fingerprint density at radius 3 is 2.33 bits per heavy atom. The van der Waals surface area contributed by atoms with Crippen LogP contribution in [-0.2, 0) is 4.79 Å². The van der Waals surface area contributed by atoms with E-state index in [1.54, 1.807) is 10.9 Å². The Balaban J connectivity index is 1.90. The smallest absolute Gasteiger partial charge is 0.236 e. The lowest BCUT2D eigenvalue weighted by Gasteiger charge is -2.32. The highest BCUT2D eigenvalue weighted by Gasteiger charge is 2.27. The van der Waals surface area contributed by atoms with E-state index in [0.29, 0.717) is 0 Å². The van der Waals surface area contributed by atoms with Crippen LogP contribution < -0.4 is 0 Å². The lowest BCUT2D eigenvalue weighted by Crippen LogP contribution is -2.45. The minimum absolute atomic E-state index is 0.118. The van der Waals surface area contributed by atoms with Crippen LogP contribution in [0.5, 0.6) is 0 Å². The monoisotopic (exact) mass is 383 g/mol. The molecule has 3 aromatic rings. The molecular formula is C20H25N5OS. The summed E-state index contributed by atoms with van der Waals surface area (Å²) in [6, 6.07) is 10.2. The second-order valence-corrected chi connectivity index (χ2v) is 8.33. The second kappa shape index (κ2) is 8.08. The van der Waals surface area contributed by atoms with Crippen LogP contribution in [0, 0.1) is 0 Å². The summed E-state index contributed by atoms with van der Waals surface area (Å²) in [6.45, 7) is 10.1. The number of para-hydroxylation sites is 1. The van der Waals surface area contributed by atoms with Gasteiger partial charge in [-0.2, -0.15) is 5.10 Å². The van der Waals surface area contributed by atoms with Gasteiger partial charge in [0.2, 0.25) is 5.91 Å². The molecule has 2 heterocycles. The fourth-order valence-electron chi connectivity index (χ4n) is 3.21. The van der Waals surface area contributed by atoms with Gasteiger partial charge in [-0.1, -0.05) is 30.0 Å². The molecule has 7 heteroatoms. The van der Waals surface area contributed by atoms with Crippen LogP contribution >= 0.6 is 11.8 Å². The van der Waals surface area contributed by atoms with E-state index < -0.39 is 0 Å². The molecular weight excluding hydrogens is 358 g/mol. The summed E-state index contributed by atoms with van der Waals surface area (Å²) in [5, 5.41) is 5.86. The molecule has 1 atom stereocenters. The molecule has 0 spiro atoms. The van der Waals surface area contributed by atoms with Crippen LogP contribution in [0.4, 0.5) is 0 Å². The average molecular weight is 384 g/mol. The van der Waals surface area contributed by atoms with Crippen LogP contribution in [0.3, 0.4) is 0 Å². The Kier molecular flexibility index (Phi) is 5.79. The molecule has 0 saturated heterocycles. The van der Waals surface area contributed by atoms with Gasteiger partial charge in [0.05, 0.1) is 22.5 Å². The predicted octanol–water partition coefficient (Wildman–Crippen LogP) is 3.94. The molecule has 0 fully saturated rings. The Bertz CT molecular complexity index is 915. The van der Waals surface area contributed by atoms with Crippen molar-refractivity contribution in [1.82, 2.24) is 24.6 Å². The molecule has 6 nitrogen and oxygen atoms in total. The van der Waals surface area contributed by atoms with Gasteiger partial charge >= 0.3 is 0 Å². The van der Waals surface area contributed by atoms with Gasteiger partial charge in [0.25, 0.3) is 0 Å². The number of thioether (sulfide) groups is 1. The van der Waals surface area contributed by atoms with Crippen molar-refractivity contribution in [2.75, 3.05) is 0 Å². The number of hydrogen-bond acceptors (Lipinski definition) is 5. The maximum Gasteiger partial charge on any atom is 0.236 e. The molecule has 142 valence electrons. The summed E-state index contributed by atoms with van der Waals surface area (Å²) in [5.74, 6) is 0.118. The second-order valence-electron chi connectivity index (χ2n) is 7.00. The fraction of sp³-hybridized carbons (Fsp3) is 0.400. The molecule has 3 rings (SSSR count). The van der Waals surface area contributed by atoms with E-state index in [9.17, 15) is 4.79 Å². The lowest BCUT2D eigenvalue weighted by molar-refractivity contribution is -0.133. The van der Waals surface area contributed by atoms with Crippen molar-refractivity contribution in [3.05, 3.63) is 42.9 Å². The first-order chi connectivity index (χ1) is 12.9.